The number of anilines is 1. The number of hydrogen-bond acceptors (Lipinski definition) is 2. The van der Waals surface area contributed by atoms with Gasteiger partial charge < -0.3 is 4.90 Å². The van der Waals surface area contributed by atoms with Crippen LogP contribution >= 0.6 is 31.9 Å². The molecule has 27 heavy (non-hydrogen) atoms. The summed E-state index contributed by atoms with van der Waals surface area (Å²) in [5.74, 6) is 0. The Morgan fingerprint density at radius 2 is 1.44 bits per heavy atom. The Labute approximate surface area is 177 Å². The zero-order valence-electron chi connectivity index (χ0n) is 15.3. The Morgan fingerprint density at radius 3 is 2.11 bits per heavy atom. The summed E-state index contributed by atoms with van der Waals surface area (Å²) in [7, 11) is 2.17. The number of nitrogens with zero attached hydrogens (tertiary/aromatic N) is 2. The van der Waals surface area contributed by atoms with E-state index in [1.165, 1.54) is 5.56 Å². The van der Waals surface area contributed by atoms with Crippen LogP contribution in [0.15, 0.2) is 86.7 Å². The second-order valence-electron chi connectivity index (χ2n) is 7.07. The maximum Gasteiger partial charge on any atom is 0.0866 e. The maximum atomic E-state index is 5.08. The zero-order chi connectivity index (χ0) is 19.0. The summed E-state index contributed by atoms with van der Waals surface area (Å²) >= 11 is 7.09. The van der Waals surface area contributed by atoms with Crippen molar-refractivity contribution >= 4 is 48.9 Å². The van der Waals surface area contributed by atoms with E-state index >= 15 is 0 Å². The van der Waals surface area contributed by atoms with Crippen molar-refractivity contribution in [3.63, 3.8) is 0 Å². The second kappa shape index (κ2) is 7.25. The largest absolute Gasteiger partial charge is 0.363 e. The molecule has 1 aliphatic rings. The van der Waals surface area contributed by atoms with E-state index in [-0.39, 0.29) is 5.54 Å². The van der Waals surface area contributed by atoms with Crippen molar-refractivity contribution in [3.8, 4) is 0 Å². The maximum absolute atomic E-state index is 5.08. The van der Waals surface area contributed by atoms with Gasteiger partial charge in [-0.15, -0.1) is 0 Å². The number of rotatable bonds is 2. The average molecular weight is 484 g/mol. The monoisotopic (exact) mass is 482 g/mol. The molecular weight excluding hydrogens is 464 g/mol. The molecule has 3 aromatic carbocycles. The van der Waals surface area contributed by atoms with Crippen LogP contribution in [-0.4, -0.2) is 12.8 Å². The van der Waals surface area contributed by atoms with E-state index in [2.05, 4.69) is 124 Å². The van der Waals surface area contributed by atoms with E-state index in [1.54, 1.807) is 0 Å². The lowest BCUT2D eigenvalue weighted by Crippen LogP contribution is -2.42. The predicted octanol–water partition coefficient (Wildman–Crippen LogP) is 7.09. The van der Waals surface area contributed by atoms with Gasteiger partial charge in [0.25, 0.3) is 0 Å². The highest BCUT2D eigenvalue weighted by molar-refractivity contribution is 9.10. The summed E-state index contributed by atoms with van der Waals surface area (Å²) in [6.45, 7) is 2.30. The number of halogens is 2. The van der Waals surface area contributed by atoms with Crippen molar-refractivity contribution in [2.24, 2.45) is 4.99 Å². The van der Waals surface area contributed by atoms with Crippen molar-refractivity contribution in [3.05, 3.63) is 92.9 Å². The molecule has 1 atom stereocenters. The first kappa shape index (κ1) is 18.5. The summed E-state index contributed by atoms with van der Waals surface area (Å²) in [6, 6.07) is 25.4. The summed E-state index contributed by atoms with van der Waals surface area (Å²) in [4.78, 5) is 7.44. The van der Waals surface area contributed by atoms with Crippen molar-refractivity contribution in [1.82, 2.24) is 0 Å². The molecular formula is C23H20Br2N2. The lowest BCUT2D eigenvalue weighted by molar-refractivity contribution is 0.485. The fourth-order valence-electron chi connectivity index (χ4n) is 3.65. The van der Waals surface area contributed by atoms with Gasteiger partial charge in [-0.1, -0.05) is 68.3 Å². The third kappa shape index (κ3) is 3.48. The van der Waals surface area contributed by atoms with E-state index in [0.717, 1.165) is 38.0 Å². The highest BCUT2D eigenvalue weighted by atomic mass is 79.9. The van der Waals surface area contributed by atoms with Crippen LogP contribution in [0.5, 0.6) is 0 Å². The Morgan fingerprint density at radius 1 is 0.852 bits per heavy atom. The van der Waals surface area contributed by atoms with Crippen LogP contribution in [0.25, 0.3) is 0 Å². The molecule has 4 heteroatoms. The lowest BCUT2D eigenvalue weighted by Gasteiger charge is -2.40. The fourth-order valence-corrected chi connectivity index (χ4v) is 4.18. The first-order valence-corrected chi connectivity index (χ1v) is 10.5. The minimum Gasteiger partial charge on any atom is -0.363 e. The third-order valence-corrected chi connectivity index (χ3v) is 6.45. The van der Waals surface area contributed by atoms with Crippen LogP contribution in [0.1, 0.15) is 24.5 Å². The van der Waals surface area contributed by atoms with Gasteiger partial charge in [-0.25, -0.2) is 0 Å². The molecule has 0 saturated heterocycles. The molecule has 0 aliphatic carbocycles. The summed E-state index contributed by atoms with van der Waals surface area (Å²) in [5, 5.41) is 0. The van der Waals surface area contributed by atoms with Gasteiger partial charge in [0.05, 0.1) is 22.6 Å². The topological polar surface area (TPSA) is 15.6 Å². The molecule has 136 valence electrons. The van der Waals surface area contributed by atoms with E-state index in [4.69, 9.17) is 4.99 Å². The fraction of sp³-hybridized carbons (Fsp3) is 0.174. The normalized spacial score (nSPS) is 19.3. The Kier molecular flexibility index (Phi) is 4.95. The second-order valence-corrected chi connectivity index (χ2v) is 8.90. The van der Waals surface area contributed by atoms with Gasteiger partial charge in [0.2, 0.25) is 0 Å². The molecule has 4 rings (SSSR count). The van der Waals surface area contributed by atoms with Crippen LogP contribution in [0.2, 0.25) is 0 Å². The molecule has 0 N–H and O–H groups in total. The molecule has 0 amide bonds. The minimum absolute atomic E-state index is 0.209. The van der Waals surface area contributed by atoms with Crippen molar-refractivity contribution in [1.29, 1.82) is 0 Å². The average Bonchev–Trinajstić information content (AvgIpc) is 2.79. The number of hydrogen-bond donors (Lipinski definition) is 0. The van der Waals surface area contributed by atoms with Gasteiger partial charge in [-0.3, -0.25) is 4.99 Å². The number of aliphatic imine (C=N–C) groups is 1. The Balaban J connectivity index is 1.90. The van der Waals surface area contributed by atoms with Crippen LogP contribution in [0.3, 0.4) is 0 Å². The Bertz CT molecular complexity index is 994. The summed E-state index contributed by atoms with van der Waals surface area (Å²) < 4.78 is 2.17. The van der Waals surface area contributed by atoms with Crippen LogP contribution < -0.4 is 4.90 Å². The highest BCUT2D eigenvalue weighted by Gasteiger charge is 2.36. The van der Waals surface area contributed by atoms with E-state index in [9.17, 15) is 0 Å². The van der Waals surface area contributed by atoms with Gasteiger partial charge in [0, 0.05) is 22.4 Å². The number of para-hydroxylation sites is 2. The molecule has 1 aliphatic heterocycles. The predicted molar refractivity (Wildman–Crippen MR) is 121 cm³/mol. The molecule has 0 spiro atoms. The van der Waals surface area contributed by atoms with Crippen LogP contribution in [0, 0.1) is 0 Å². The highest BCUT2D eigenvalue weighted by Crippen LogP contribution is 2.43. The van der Waals surface area contributed by atoms with Crippen molar-refractivity contribution < 1.29 is 0 Å². The molecule has 0 fully saturated rings. The van der Waals surface area contributed by atoms with Gasteiger partial charge in [0.1, 0.15) is 0 Å². The first-order valence-electron chi connectivity index (χ1n) is 8.90. The standard InChI is InChI=1S/C23H20Br2N2/c1-23(17-9-13-19(25)14-10-17)15-21(16-7-11-18(24)12-8-16)26-20-5-3-4-6-22(20)27(23)2/h3-14H,15H2,1-2H3. The number of fused-ring (bicyclic) bond motifs is 1. The van der Waals surface area contributed by atoms with Gasteiger partial charge in [-0.05, 0) is 54.4 Å². The molecule has 1 heterocycles. The molecule has 2 nitrogen and oxygen atoms in total. The van der Waals surface area contributed by atoms with Crippen LogP contribution in [-0.2, 0) is 5.54 Å². The lowest BCUT2D eigenvalue weighted by atomic mass is 9.83. The third-order valence-electron chi connectivity index (χ3n) is 5.39. The quantitative estimate of drug-likeness (QED) is 0.380. The van der Waals surface area contributed by atoms with E-state index in [1.807, 2.05) is 0 Å². The smallest absolute Gasteiger partial charge is 0.0866 e. The van der Waals surface area contributed by atoms with Crippen molar-refractivity contribution in [2.45, 2.75) is 18.9 Å². The van der Waals surface area contributed by atoms with Gasteiger partial charge in [0.15, 0.2) is 0 Å². The van der Waals surface area contributed by atoms with Crippen LogP contribution in [0.4, 0.5) is 11.4 Å². The molecule has 0 bridgehead atoms. The number of benzene rings is 3. The summed E-state index contributed by atoms with van der Waals surface area (Å²) in [5.41, 5.74) is 5.49. The van der Waals surface area contributed by atoms with Gasteiger partial charge in [-0.2, -0.15) is 0 Å². The minimum atomic E-state index is -0.209. The summed E-state index contributed by atoms with van der Waals surface area (Å²) in [6.07, 6.45) is 0.821. The SMILES string of the molecule is CN1c2ccccc2N=C(c2ccc(Br)cc2)CC1(C)c1ccc(Br)cc1. The molecule has 3 aromatic rings. The molecule has 0 saturated carbocycles. The van der Waals surface area contributed by atoms with Gasteiger partial charge >= 0.3 is 0 Å². The Hall–Kier alpha value is -1.91. The first-order chi connectivity index (χ1) is 13.0. The van der Waals surface area contributed by atoms with E-state index in [0.29, 0.717) is 0 Å². The van der Waals surface area contributed by atoms with E-state index < -0.39 is 0 Å². The zero-order valence-corrected chi connectivity index (χ0v) is 18.5. The molecule has 0 radical (unpaired) electrons. The molecule has 0 aromatic heterocycles. The molecule has 1 unspecified atom stereocenters. The van der Waals surface area contributed by atoms with Crippen molar-refractivity contribution in [2.75, 3.05) is 11.9 Å².